The molecule has 0 fully saturated rings. The Kier molecular flexibility index (Phi) is 5.77. The molecule has 33 heavy (non-hydrogen) atoms. The van der Waals surface area contributed by atoms with Crippen molar-refractivity contribution < 1.29 is 22.6 Å². The SMILES string of the molecule is COc1cc(OC)c2c(=O)[nH]c(-c3ccc(OC)c(-c4ccc(S(C)(=O)=O)cc4)n3)nc2c1. The Morgan fingerprint density at radius 3 is 2.15 bits per heavy atom. The second-order valence-corrected chi connectivity index (χ2v) is 9.20. The maximum atomic E-state index is 12.8. The maximum absolute atomic E-state index is 12.8. The molecule has 0 saturated carbocycles. The molecule has 1 N–H and O–H groups in total. The molecule has 4 aromatic rings. The molecule has 0 aliphatic carbocycles. The first kappa shape index (κ1) is 22.3. The number of fused-ring (bicyclic) bond motifs is 1. The fraction of sp³-hybridized carbons (Fsp3) is 0.174. The van der Waals surface area contributed by atoms with E-state index >= 15 is 0 Å². The molecular weight excluding hydrogens is 446 g/mol. The molecule has 9 nitrogen and oxygen atoms in total. The molecule has 0 atom stereocenters. The summed E-state index contributed by atoms with van der Waals surface area (Å²) in [5.74, 6) is 1.58. The van der Waals surface area contributed by atoms with E-state index < -0.39 is 9.84 Å². The van der Waals surface area contributed by atoms with E-state index in [9.17, 15) is 13.2 Å². The number of pyridine rings is 1. The zero-order chi connectivity index (χ0) is 23.8. The Bertz CT molecular complexity index is 1510. The lowest BCUT2D eigenvalue weighted by atomic mass is 10.1. The molecule has 4 rings (SSSR count). The predicted octanol–water partition coefficient (Wildman–Crippen LogP) is 3.08. The third kappa shape index (κ3) is 4.24. The van der Waals surface area contributed by atoms with Gasteiger partial charge in [0.25, 0.3) is 5.56 Å². The highest BCUT2D eigenvalue weighted by atomic mass is 32.2. The van der Waals surface area contributed by atoms with E-state index in [1.807, 2.05) is 0 Å². The fourth-order valence-electron chi connectivity index (χ4n) is 3.42. The van der Waals surface area contributed by atoms with E-state index in [0.29, 0.717) is 45.1 Å². The van der Waals surface area contributed by atoms with Gasteiger partial charge in [-0.1, -0.05) is 12.1 Å². The second-order valence-electron chi connectivity index (χ2n) is 7.18. The molecule has 0 spiro atoms. The number of hydrogen-bond donors (Lipinski definition) is 1. The summed E-state index contributed by atoms with van der Waals surface area (Å²) < 4.78 is 39.6. The number of nitrogens with one attached hydrogen (secondary N) is 1. The third-order valence-electron chi connectivity index (χ3n) is 5.08. The average Bonchev–Trinajstić information content (AvgIpc) is 2.82. The summed E-state index contributed by atoms with van der Waals surface area (Å²) in [5, 5.41) is 0.298. The van der Waals surface area contributed by atoms with Crippen LogP contribution >= 0.6 is 0 Å². The zero-order valence-corrected chi connectivity index (χ0v) is 19.2. The largest absolute Gasteiger partial charge is 0.497 e. The number of nitrogens with zero attached hydrogens (tertiary/aromatic N) is 2. The van der Waals surface area contributed by atoms with Gasteiger partial charge in [-0.15, -0.1) is 0 Å². The van der Waals surface area contributed by atoms with E-state index in [4.69, 9.17) is 14.2 Å². The molecule has 2 aromatic heterocycles. The van der Waals surface area contributed by atoms with Crippen molar-refractivity contribution in [3.8, 4) is 40.0 Å². The number of methoxy groups -OCH3 is 3. The van der Waals surface area contributed by atoms with Gasteiger partial charge in [0, 0.05) is 24.0 Å². The van der Waals surface area contributed by atoms with Crippen LogP contribution in [0.5, 0.6) is 17.2 Å². The van der Waals surface area contributed by atoms with Gasteiger partial charge in [-0.2, -0.15) is 0 Å². The number of hydrogen-bond acceptors (Lipinski definition) is 8. The molecule has 0 unspecified atom stereocenters. The first-order valence-corrected chi connectivity index (χ1v) is 11.7. The van der Waals surface area contributed by atoms with Crippen LogP contribution in [-0.4, -0.2) is 51.0 Å². The van der Waals surface area contributed by atoms with Crippen LogP contribution in [0.3, 0.4) is 0 Å². The highest BCUT2D eigenvalue weighted by Gasteiger charge is 2.16. The summed E-state index contributed by atoms with van der Waals surface area (Å²) in [6, 6.07) is 13.0. The predicted molar refractivity (Wildman–Crippen MR) is 124 cm³/mol. The van der Waals surface area contributed by atoms with Crippen LogP contribution < -0.4 is 19.8 Å². The molecule has 0 radical (unpaired) electrons. The first-order valence-electron chi connectivity index (χ1n) is 9.77. The van der Waals surface area contributed by atoms with Crippen LogP contribution in [0.2, 0.25) is 0 Å². The Hall–Kier alpha value is -3.92. The smallest absolute Gasteiger partial charge is 0.262 e. The van der Waals surface area contributed by atoms with Crippen LogP contribution in [0.25, 0.3) is 33.7 Å². The van der Waals surface area contributed by atoms with Gasteiger partial charge in [-0.3, -0.25) is 4.79 Å². The number of ether oxygens (including phenoxy) is 3. The molecule has 0 bridgehead atoms. The monoisotopic (exact) mass is 467 g/mol. The molecule has 0 aliphatic heterocycles. The number of benzene rings is 2. The fourth-order valence-corrected chi connectivity index (χ4v) is 4.05. The summed E-state index contributed by atoms with van der Waals surface area (Å²) in [6.07, 6.45) is 1.15. The van der Waals surface area contributed by atoms with Crippen molar-refractivity contribution >= 4 is 20.7 Å². The van der Waals surface area contributed by atoms with Crippen molar-refractivity contribution in [1.29, 1.82) is 0 Å². The molecule has 2 aromatic carbocycles. The van der Waals surface area contributed by atoms with Gasteiger partial charge in [-0.25, -0.2) is 18.4 Å². The Labute approximate surface area is 189 Å². The van der Waals surface area contributed by atoms with Gasteiger partial charge in [0.15, 0.2) is 15.7 Å². The highest BCUT2D eigenvalue weighted by molar-refractivity contribution is 7.90. The number of aromatic amines is 1. The van der Waals surface area contributed by atoms with E-state index in [1.165, 1.54) is 33.5 Å². The number of aromatic nitrogens is 3. The number of H-pyrrole nitrogens is 1. The Balaban J connectivity index is 1.87. The standard InChI is InChI=1S/C23H21N3O6S/c1-30-14-11-17-20(19(12-14)32-3)23(27)26-22(25-17)16-9-10-18(31-2)21(24-16)13-5-7-15(8-6-13)33(4,28)29/h5-12H,1-4H3,(H,25,26,27). The number of sulfone groups is 1. The minimum absolute atomic E-state index is 0.199. The van der Waals surface area contributed by atoms with Gasteiger partial charge in [0.1, 0.15) is 34.0 Å². The Morgan fingerprint density at radius 1 is 0.848 bits per heavy atom. The molecule has 0 amide bonds. The van der Waals surface area contributed by atoms with Gasteiger partial charge in [0.2, 0.25) is 0 Å². The van der Waals surface area contributed by atoms with Crippen LogP contribution in [-0.2, 0) is 9.84 Å². The summed E-state index contributed by atoms with van der Waals surface area (Å²) >= 11 is 0. The van der Waals surface area contributed by atoms with Gasteiger partial charge < -0.3 is 19.2 Å². The first-order chi connectivity index (χ1) is 15.7. The number of rotatable bonds is 6. The lowest BCUT2D eigenvalue weighted by Gasteiger charge is -2.12. The Morgan fingerprint density at radius 2 is 1.55 bits per heavy atom. The quantitative estimate of drug-likeness (QED) is 0.459. The molecular formula is C23H21N3O6S. The molecule has 0 saturated heterocycles. The van der Waals surface area contributed by atoms with E-state index in [0.717, 1.165) is 6.26 Å². The van der Waals surface area contributed by atoms with E-state index in [1.54, 1.807) is 36.4 Å². The zero-order valence-electron chi connectivity index (χ0n) is 18.4. The second kappa shape index (κ2) is 8.55. The molecule has 10 heteroatoms. The molecule has 170 valence electrons. The summed E-state index contributed by atoms with van der Waals surface area (Å²) in [7, 11) is 1.17. The van der Waals surface area contributed by atoms with Crippen molar-refractivity contribution in [2.45, 2.75) is 4.90 Å². The van der Waals surface area contributed by atoms with E-state index in [-0.39, 0.29) is 16.3 Å². The van der Waals surface area contributed by atoms with Gasteiger partial charge in [-0.05, 0) is 24.3 Å². The average molecular weight is 468 g/mol. The van der Waals surface area contributed by atoms with E-state index in [2.05, 4.69) is 15.0 Å². The van der Waals surface area contributed by atoms with Gasteiger partial charge >= 0.3 is 0 Å². The van der Waals surface area contributed by atoms with Gasteiger partial charge in [0.05, 0.1) is 31.7 Å². The minimum atomic E-state index is -3.33. The highest BCUT2D eigenvalue weighted by Crippen LogP contribution is 2.32. The van der Waals surface area contributed by atoms with Crippen LogP contribution in [0.1, 0.15) is 0 Å². The van der Waals surface area contributed by atoms with Crippen molar-refractivity contribution in [3.05, 3.63) is 58.9 Å². The topological polar surface area (TPSA) is 120 Å². The lowest BCUT2D eigenvalue weighted by Crippen LogP contribution is -2.11. The molecule has 0 aliphatic rings. The van der Waals surface area contributed by atoms with Crippen molar-refractivity contribution in [2.75, 3.05) is 27.6 Å². The van der Waals surface area contributed by atoms with Crippen molar-refractivity contribution in [3.63, 3.8) is 0 Å². The van der Waals surface area contributed by atoms with Crippen molar-refractivity contribution in [2.24, 2.45) is 0 Å². The van der Waals surface area contributed by atoms with Crippen LogP contribution in [0.4, 0.5) is 0 Å². The van der Waals surface area contributed by atoms with Crippen LogP contribution in [0, 0.1) is 0 Å². The normalized spacial score (nSPS) is 11.4. The molecule has 2 heterocycles. The minimum Gasteiger partial charge on any atom is -0.497 e. The van der Waals surface area contributed by atoms with Crippen molar-refractivity contribution in [1.82, 2.24) is 15.0 Å². The third-order valence-corrected chi connectivity index (χ3v) is 6.21. The summed E-state index contributed by atoms with van der Waals surface area (Å²) in [4.78, 5) is 25.0. The summed E-state index contributed by atoms with van der Waals surface area (Å²) in [5.41, 5.74) is 1.53. The summed E-state index contributed by atoms with van der Waals surface area (Å²) in [6.45, 7) is 0. The van der Waals surface area contributed by atoms with Crippen LogP contribution in [0.15, 0.2) is 58.2 Å². The maximum Gasteiger partial charge on any atom is 0.262 e. The lowest BCUT2D eigenvalue weighted by molar-refractivity contribution is 0.397.